The molecule has 0 radical (unpaired) electrons. The molecule has 1 fully saturated rings. The Morgan fingerprint density at radius 1 is 0.717 bits per heavy atom. The first-order valence-electron chi connectivity index (χ1n) is 14.7. The molecule has 1 aliphatic heterocycles. The number of isothiocyanates is 1. The van der Waals surface area contributed by atoms with Crippen molar-refractivity contribution in [1.29, 1.82) is 0 Å². The summed E-state index contributed by atoms with van der Waals surface area (Å²) in [6, 6.07) is 6.62. The minimum absolute atomic E-state index is 0.0909. The average molecular weight is 667 g/mol. The summed E-state index contributed by atoms with van der Waals surface area (Å²) in [7, 11) is 0. The SMILES string of the molecule is O=C(O)CC(CC(=O)NCC(O)CN1CCN(CC(=O)O)CCN(CC(=O)O)CCN(CC(=O)O)CC1)c1ccc(N=C=S)cc1. The first-order valence-corrected chi connectivity index (χ1v) is 15.1. The second-order valence-corrected chi connectivity index (χ2v) is 11.2. The summed E-state index contributed by atoms with van der Waals surface area (Å²) in [5, 5.41) is 53.1. The monoisotopic (exact) mass is 666 g/mol. The van der Waals surface area contributed by atoms with Crippen molar-refractivity contribution in [3.8, 4) is 0 Å². The van der Waals surface area contributed by atoms with Gasteiger partial charge in [0.25, 0.3) is 0 Å². The largest absolute Gasteiger partial charge is 0.481 e. The molecule has 1 amide bonds. The van der Waals surface area contributed by atoms with E-state index < -0.39 is 41.8 Å². The molecule has 2 unspecified atom stereocenters. The van der Waals surface area contributed by atoms with Crippen LogP contribution >= 0.6 is 12.2 Å². The zero-order valence-electron chi connectivity index (χ0n) is 25.5. The quantitative estimate of drug-likeness (QED) is 0.0950. The topological polar surface area (TPSA) is 224 Å². The average Bonchev–Trinajstić information content (AvgIpc) is 2.96. The molecular weight excluding hydrogens is 624 g/mol. The maximum Gasteiger partial charge on any atom is 0.317 e. The third kappa shape index (κ3) is 15.9. The van der Waals surface area contributed by atoms with Crippen LogP contribution in [0.3, 0.4) is 0 Å². The van der Waals surface area contributed by atoms with Gasteiger partial charge in [0, 0.05) is 77.8 Å². The van der Waals surface area contributed by atoms with Gasteiger partial charge in [-0.15, -0.1) is 0 Å². The number of aliphatic hydroxyl groups excluding tert-OH is 1. The molecule has 0 aliphatic carbocycles. The van der Waals surface area contributed by atoms with Gasteiger partial charge in [-0.25, -0.2) is 0 Å². The van der Waals surface area contributed by atoms with Crippen molar-refractivity contribution < 1.29 is 49.5 Å². The number of carboxylic acids is 4. The third-order valence-corrected chi connectivity index (χ3v) is 7.49. The maximum atomic E-state index is 12.8. The number of amides is 1. The van der Waals surface area contributed by atoms with Crippen LogP contribution in [0.25, 0.3) is 0 Å². The van der Waals surface area contributed by atoms with Crippen molar-refractivity contribution in [1.82, 2.24) is 24.9 Å². The van der Waals surface area contributed by atoms with E-state index in [1.165, 1.54) is 0 Å². The Morgan fingerprint density at radius 3 is 1.54 bits per heavy atom. The van der Waals surface area contributed by atoms with Crippen molar-refractivity contribution in [3.05, 3.63) is 29.8 Å². The van der Waals surface area contributed by atoms with E-state index in [-0.39, 0.29) is 84.8 Å². The lowest BCUT2D eigenvalue weighted by Gasteiger charge is -2.33. The van der Waals surface area contributed by atoms with Crippen LogP contribution in [0.2, 0.25) is 0 Å². The zero-order valence-corrected chi connectivity index (χ0v) is 26.3. The Morgan fingerprint density at radius 2 is 1.15 bits per heavy atom. The first kappa shape index (κ1) is 38.4. The van der Waals surface area contributed by atoms with Crippen LogP contribution in [0, 0.1) is 0 Å². The highest BCUT2D eigenvalue weighted by Crippen LogP contribution is 2.25. The van der Waals surface area contributed by atoms with Crippen LogP contribution in [-0.4, -0.2) is 171 Å². The third-order valence-electron chi connectivity index (χ3n) is 7.40. The van der Waals surface area contributed by atoms with Crippen LogP contribution in [0.15, 0.2) is 29.3 Å². The predicted octanol–water partition coefficient (Wildman–Crippen LogP) is -0.678. The van der Waals surface area contributed by atoms with E-state index in [0.717, 1.165) is 0 Å². The molecule has 6 N–H and O–H groups in total. The fraction of sp³-hybridized carbons (Fsp3) is 0.586. The summed E-state index contributed by atoms with van der Waals surface area (Å²) in [5.74, 6) is -5.28. The van der Waals surface area contributed by atoms with Crippen molar-refractivity contribution in [2.24, 2.45) is 4.99 Å². The molecule has 16 nitrogen and oxygen atoms in total. The van der Waals surface area contributed by atoms with Gasteiger partial charge in [0.15, 0.2) is 0 Å². The Kier molecular flexibility index (Phi) is 16.9. The van der Waals surface area contributed by atoms with Gasteiger partial charge in [-0.1, -0.05) is 12.1 Å². The van der Waals surface area contributed by atoms with Gasteiger partial charge in [-0.2, -0.15) is 4.99 Å². The number of aliphatic hydroxyl groups is 1. The number of hydrogen-bond acceptors (Lipinski definition) is 12. The number of aliphatic carboxylic acids is 4. The fourth-order valence-corrected chi connectivity index (χ4v) is 5.20. The molecule has 254 valence electrons. The lowest BCUT2D eigenvalue weighted by atomic mass is 9.92. The normalized spacial score (nSPS) is 17.4. The highest BCUT2D eigenvalue weighted by Gasteiger charge is 2.23. The highest BCUT2D eigenvalue weighted by molar-refractivity contribution is 7.78. The standard InChI is InChI=1S/C29H42N6O10S/c36-24(15-30-25(37)13-22(14-26(38)39)21-1-3-23(4-2-21)31-20-46)16-32-5-7-33(17-27(40)41)9-11-35(19-29(44)45)12-10-34(8-6-32)18-28(42)43/h1-4,22,24,36H,5-19H2,(H,30,37)(H,38,39)(H,40,41)(H,42,43)(H,44,45). The number of nitrogens with zero attached hydrogens (tertiary/aromatic N) is 5. The van der Waals surface area contributed by atoms with Gasteiger partial charge >= 0.3 is 23.9 Å². The van der Waals surface area contributed by atoms with E-state index in [4.69, 9.17) is 0 Å². The van der Waals surface area contributed by atoms with E-state index >= 15 is 0 Å². The number of carbonyl (C=O) groups excluding carboxylic acids is 1. The van der Waals surface area contributed by atoms with E-state index in [9.17, 15) is 49.5 Å². The Bertz CT molecular complexity index is 1200. The van der Waals surface area contributed by atoms with Gasteiger partial charge in [0.2, 0.25) is 5.91 Å². The molecular formula is C29H42N6O10S. The summed E-state index contributed by atoms with van der Waals surface area (Å²) in [5.41, 5.74) is 1.17. The minimum Gasteiger partial charge on any atom is -0.481 e. The van der Waals surface area contributed by atoms with Crippen LogP contribution < -0.4 is 5.32 Å². The maximum absolute atomic E-state index is 12.8. The van der Waals surface area contributed by atoms with Crippen LogP contribution in [0.5, 0.6) is 0 Å². The molecule has 2 rings (SSSR count). The highest BCUT2D eigenvalue weighted by atomic mass is 32.1. The number of thiocarbonyl (C=S) groups is 1. The number of hydrogen-bond donors (Lipinski definition) is 6. The van der Waals surface area contributed by atoms with Gasteiger partial charge < -0.3 is 30.8 Å². The van der Waals surface area contributed by atoms with E-state index in [1.807, 2.05) is 4.90 Å². The molecule has 0 bridgehead atoms. The van der Waals surface area contributed by atoms with Gasteiger partial charge in [0.1, 0.15) is 0 Å². The molecule has 1 heterocycles. The Balaban J connectivity index is 2.05. The molecule has 0 aromatic heterocycles. The molecule has 17 heteroatoms. The molecule has 1 aliphatic rings. The second kappa shape index (κ2) is 20.3. The molecule has 1 aromatic rings. The van der Waals surface area contributed by atoms with Crippen molar-refractivity contribution in [2.45, 2.75) is 24.9 Å². The van der Waals surface area contributed by atoms with E-state index in [0.29, 0.717) is 24.3 Å². The molecule has 0 spiro atoms. The molecule has 2 atom stereocenters. The number of benzene rings is 1. The van der Waals surface area contributed by atoms with Crippen LogP contribution in [-0.2, 0) is 24.0 Å². The summed E-state index contributed by atoms with van der Waals surface area (Å²) < 4.78 is 0. The number of rotatable bonds is 16. The second-order valence-electron chi connectivity index (χ2n) is 11.1. The molecule has 1 saturated heterocycles. The number of aliphatic imine (C=N–C) groups is 1. The van der Waals surface area contributed by atoms with Gasteiger partial charge in [-0.3, -0.25) is 43.6 Å². The number of carbonyl (C=O) groups is 5. The molecule has 46 heavy (non-hydrogen) atoms. The number of carboxylic acid groups (broad SMARTS) is 4. The predicted molar refractivity (Wildman–Crippen MR) is 168 cm³/mol. The summed E-state index contributed by atoms with van der Waals surface area (Å²) >= 11 is 4.59. The number of β-amino-alcohol motifs (C(OH)–C–C–N with tert-alkyl or cyclic N) is 1. The first-order chi connectivity index (χ1) is 21.8. The lowest BCUT2D eigenvalue weighted by Crippen LogP contribution is -2.50. The molecule has 0 saturated carbocycles. The lowest BCUT2D eigenvalue weighted by molar-refractivity contribution is -0.140. The Labute approximate surface area is 271 Å². The van der Waals surface area contributed by atoms with E-state index in [2.05, 4.69) is 27.7 Å². The van der Waals surface area contributed by atoms with Crippen molar-refractivity contribution in [3.63, 3.8) is 0 Å². The smallest absolute Gasteiger partial charge is 0.317 e. The van der Waals surface area contributed by atoms with Crippen molar-refractivity contribution >= 4 is 52.9 Å². The van der Waals surface area contributed by atoms with E-state index in [1.54, 1.807) is 39.0 Å². The fourth-order valence-electron chi connectivity index (χ4n) is 5.09. The Hall–Kier alpha value is -3.83. The summed E-state index contributed by atoms with van der Waals surface area (Å²) in [6.45, 7) is 1.46. The zero-order chi connectivity index (χ0) is 34.1. The van der Waals surface area contributed by atoms with Crippen molar-refractivity contribution in [2.75, 3.05) is 85.1 Å². The van der Waals surface area contributed by atoms with Gasteiger partial charge in [-0.05, 0) is 29.9 Å². The summed E-state index contributed by atoms with van der Waals surface area (Å²) in [4.78, 5) is 69.2. The number of nitrogens with one attached hydrogen (secondary N) is 1. The minimum atomic E-state index is -1.07. The van der Waals surface area contributed by atoms with Gasteiger partial charge in [0.05, 0.1) is 43.0 Å². The van der Waals surface area contributed by atoms with Crippen LogP contribution in [0.1, 0.15) is 24.3 Å². The van der Waals surface area contributed by atoms with Crippen LogP contribution in [0.4, 0.5) is 5.69 Å². The molecule has 1 aromatic carbocycles. The summed E-state index contributed by atoms with van der Waals surface area (Å²) in [6.07, 6.45) is -1.45.